The fourth-order valence-corrected chi connectivity index (χ4v) is 1.69. The second kappa shape index (κ2) is 8.73. The van der Waals surface area contributed by atoms with Crippen LogP contribution in [0.5, 0.6) is 0 Å². The van der Waals surface area contributed by atoms with Crippen LogP contribution in [0.15, 0.2) is 0 Å². The van der Waals surface area contributed by atoms with Gasteiger partial charge in [0.05, 0.1) is 26.4 Å². The molecule has 0 amide bonds. The monoisotopic (exact) mass is 286 g/mol. The maximum absolute atomic E-state index is 11.7. The summed E-state index contributed by atoms with van der Waals surface area (Å²) in [6.45, 7) is 1.16. The van der Waals surface area contributed by atoms with E-state index in [2.05, 4.69) is 4.74 Å². The van der Waals surface area contributed by atoms with Crippen molar-refractivity contribution in [3.05, 3.63) is 0 Å². The molecule has 0 aromatic rings. The van der Waals surface area contributed by atoms with Gasteiger partial charge in [0.1, 0.15) is 6.61 Å². The molecule has 1 saturated carbocycles. The van der Waals surface area contributed by atoms with E-state index in [9.17, 15) is 13.2 Å². The predicted octanol–water partition coefficient (Wildman–Crippen LogP) is 1.88. The molecule has 2 unspecified atom stereocenters. The lowest BCUT2D eigenvalue weighted by molar-refractivity contribution is -0.176. The van der Waals surface area contributed by atoms with E-state index in [0.717, 1.165) is 13.0 Å². The highest BCUT2D eigenvalue weighted by Gasteiger charge is 2.36. The number of halogens is 3. The molecule has 0 aromatic carbocycles. The predicted molar refractivity (Wildman–Crippen MR) is 62.0 cm³/mol. The van der Waals surface area contributed by atoms with E-state index < -0.39 is 12.8 Å². The Morgan fingerprint density at radius 1 is 0.895 bits per heavy atom. The summed E-state index contributed by atoms with van der Waals surface area (Å²) in [6, 6.07) is 0. The summed E-state index contributed by atoms with van der Waals surface area (Å²) in [5.41, 5.74) is 0. The van der Waals surface area contributed by atoms with Gasteiger partial charge in [0, 0.05) is 20.3 Å². The van der Waals surface area contributed by atoms with E-state index in [1.807, 2.05) is 0 Å². The third-order valence-corrected chi connectivity index (χ3v) is 2.79. The van der Waals surface area contributed by atoms with Gasteiger partial charge in [0.25, 0.3) is 0 Å². The number of alkyl halides is 3. The first-order valence-corrected chi connectivity index (χ1v) is 6.32. The van der Waals surface area contributed by atoms with Gasteiger partial charge in [-0.2, -0.15) is 13.2 Å². The van der Waals surface area contributed by atoms with Crippen LogP contribution >= 0.6 is 0 Å². The van der Waals surface area contributed by atoms with Crippen LogP contribution in [0.4, 0.5) is 13.2 Å². The van der Waals surface area contributed by atoms with Gasteiger partial charge >= 0.3 is 6.18 Å². The molecule has 0 bridgehead atoms. The van der Waals surface area contributed by atoms with Gasteiger partial charge in [-0.3, -0.25) is 0 Å². The first-order valence-electron chi connectivity index (χ1n) is 6.32. The van der Waals surface area contributed by atoms with Gasteiger partial charge in [0.15, 0.2) is 0 Å². The molecule has 0 saturated heterocycles. The Balaban J connectivity index is 1.75. The Morgan fingerprint density at radius 2 is 1.47 bits per heavy atom. The van der Waals surface area contributed by atoms with Crippen molar-refractivity contribution in [2.45, 2.75) is 12.6 Å². The molecule has 0 heterocycles. The van der Waals surface area contributed by atoms with Gasteiger partial charge in [-0.15, -0.1) is 0 Å². The topological polar surface area (TPSA) is 36.9 Å². The Morgan fingerprint density at radius 3 is 2.11 bits per heavy atom. The molecule has 1 aliphatic carbocycles. The summed E-state index contributed by atoms with van der Waals surface area (Å²) < 4.78 is 55.0. The van der Waals surface area contributed by atoms with Crippen molar-refractivity contribution in [2.75, 3.05) is 53.4 Å². The van der Waals surface area contributed by atoms with E-state index in [4.69, 9.17) is 14.2 Å². The molecule has 1 fully saturated rings. The minimum absolute atomic E-state index is 0.0575. The van der Waals surface area contributed by atoms with E-state index in [1.165, 1.54) is 0 Å². The third kappa shape index (κ3) is 9.21. The summed E-state index contributed by atoms with van der Waals surface area (Å²) >= 11 is 0. The van der Waals surface area contributed by atoms with Crippen LogP contribution in [0.25, 0.3) is 0 Å². The molecule has 0 radical (unpaired) electrons. The van der Waals surface area contributed by atoms with E-state index in [0.29, 0.717) is 31.7 Å². The number of hydrogen-bond donors (Lipinski definition) is 0. The highest BCUT2D eigenvalue weighted by molar-refractivity contribution is 4.85. The molecule has 1 aliphatic rings. The number of hydrogen-bond acceptors (Lipinski definition) is 4. The molecule has 114 valence electrons. The molecule has 0 aromatic heterocycles. The Hall–Kier alpha value is -0.370. The van der Waals surface area contributed by atoms with Crippen LogP contribution in [0.1, 0.15) is 6.42 Å². The smallest absolute Gasteiger partial charge is 0.384 e. The van der Waals surface area contributed by atoms with E-state index in [-0.39, 0.29) is 13.2 Å². The second-order valence-corrected chi connectivity index (χ2v) is 4.57. The van der Waals surface area contributed by atoms with Crippen LogP contribution in [-0.2, 0) is 18.9 Å². The quantitative estimate of drug-likeness (QED) is 0.543. The highest BCUT2D eigenvalue weighted by atomic mass is 19.4. The largest absolute Gasteiger partial charge is 0.411 e. The molecule has 0 spiro atoms. The summed E-state index contributed by atoms with van der Waals surface area (Å²) in [4.78, 5) is 0. The number of rotatable bonds is 11. The van der Waals surface area contributed by atoms with Crippen molar-refractivity contribution in [1.82, 2.24) is 0 Å². The first kappa shape index (κ1) is 16.7. The fourth-order valence-electron chi connectivity index (χ4n) is 1.69. The van der Waals surface area contributed by atoms with Gasteiger partial charge in [-0.1, -0.05) is 0 Å². The zero-order valence-corrected chi connectivity index (χ0v) is 11.1. The SMILES string of the molecule is COCC1CC1COCCOCCOCC(F)(F)F. The normalized spacial score (nSPS) is 22.7. The molecule has 0 aliphatic heterocycles. The zero-order chi connectivity index (χ0) is 14.1. The minimum Gasteiger partial charge on any atom is -0.384 e. The molecule has 0 N–H and O–H groups in total. The maximum Gasteiger partial charge on any atom is 0.411 e. The summed E-state index contributed by atoms with van der Waals surface area (Å²) in [5.74, 6) is 1.19. The van der Waals surface area contributed by atoms with Crippen LogP contribution in [-0.4, -0.2) is 59.5 Å². The second-order valence-electron chi connectivity index (χ2n) is 4.57. The molecule has 19 heavy (non-hydrogen) atoms. The minimum atomic E-state index is -4.27. The standard InChI is InChI=1S/C12H21F3O4/c1-16-7-10-6-11(10)8-18-4-2-17-3-5-19-9-12(13,14)15/h10-11H,2-9H2,1H3. The van der Waals surface area contributed by atoms with Crippen molar-refractivity contribution in [2.24, 2.45) is 11.8 Å². The van der Waals surface area contributed by atoms with Crippen molar-refractivity contribution in [3.63, 3.8) is 0 Å². The van der Waals surface area contributed by atoms with Crippen molar-refractivity contribution in [3.8, 4) is 0 Å². The fraction of sp³-hybridized carbons (Fsp3) is 1.00. The molecule has 7 heteroatoms. The van der Waals surface area contributed by atoms with Crippen LogP contribution in [0, 0.1) is 11.8 Å². The Kier molecular flexibility index (Phi) is 7.67. The maximum atomic E-state index is 11.7. The van der Waals surface area contributed by atoms with Crippen LogP contribution < -0.4 is 0 Å². The van der Waals surface area contributed by atoms with E-state index >= 15 is 0 Å². The average molecular weight is 286 g/mol. The summed E-state index contributed by atoms with van der Waals surface area (Å²) in [7, 11) is 1.69. The lowest BCUT2D eigenvalue weighted by Gasteiger charge is -2.08. The summed E-state index contributed by atoms with van der Waals surface area (Å²) in [6.07, 6.45) is -3.13. The Labute approximate surface area is 111 Å². The van der Waals surface area contributed by atoms with E-state index in [1.54, 1.807) is 7.11 Å². The lowest BCUT2D eigenvalue weighted by Crippen LogP contribution is -2.19. The van der Waals surface area contributed by atoms with Gasteiger partial charge < -0.3 is 18.9 Å². The van der Waals surface area contributed by atoms with Crippen molar-refractivity contribution in [1.29, 1.82) is 0 Å². The summed E-state index contributed by atoms with van der Waals surface area (Å²) in [5, 5.41) is 0. The number of methoxy groups -OCH3 is 1. The highest BCUT2D eigenvalue weighted by Crippen LogP contribution is 2.38. The third-order valence-electron chi connectivity index (χ3n) is 2.79. The lowest BCUT2D eigenvalue weighted by atomic mass is 10.3. The van der Waals surface area contributed by atoms with Crippen molar-refractivity contribution < 1.29 is 32.1 Å². The molecular formula is C12H21F3O4. The van der Waals surface area contributed by atoms with Crippen LogP contribution in [0.3, 0.4) is 0 Å². The molecular weight excluding hydrogens is 265 g/mol. The van der Waals surface area contributed by atoms with Crippen LogP contribution in [0.2, 0.25) is 0 Å². The van der Waals surface area contributed by atoms with Gasteiger partial charge in [-0.05, 0) is 18.3 Å². The Bertz CT molecular complexity index is 236. The first-order chi connectivity index (χ1) is 9.03. The molecule has 1 rings (SSSR count). The zero-order valence-electron chi connectivity index (χ0n) is 11.1. The molecule has 4 nitrogen and oxygen atoms in total. The number of ether oxygens (including phenoxy) is 4. The van der Waals surface area contributed by atoms with Gasteiger partial charge in [-0.25, -0.2) is 0 Å². The average Bonchev–Trinajstić information content (AvgIpc) is 3.04. The molecule has 2 atom stereocenters. The van der Waals surface area contributed by atoms with Gasteiger partial charge in [0.2, 0.25) is 0 Å². The van der Waals surface area contributed by atoms with Crippen molar-refractivity contribution >= 4 is 0 Å².